The van der Waals surface area contributed by atoms with Crippen molar-refractivity contribution in [3.63, 3.8) is 0 Å². The van der Waals surface area contributed by atoms with Crippen molar-refractivity contribution in [2.45, 2.75) is 68.0 Å². The van der Waals surface area contributed by atoms with Crippen LogP contribution in [0.2, 0.25) is 0 Å². The van der Waals surface area contributed by atoms with E-state index in [0.717, 1.165) is 57.1 Å². The van der Waals surface area contributed by atoms with Crippen LogP contribution in [0, 0.1) is 50.4 Å². The molecule has 0 spiro atoms. The van der Waals surface area contributed by atoms with Gasteiger partial charge in [-0.15, -0.1) is 0 Å². The highest BCUT2D eigenvalue weighted by molar-refractivity contribution is 5.81. The molecular formula is C48H44N4O6. The van der Waals surface area contributed by atoms with Gasteiger partial charge in [0.15, 0.2) is 12.6 Å². The number of nitrogens with zero attached hydrogens (tertiary/aromatic N) is 4. The summed E-state index contributed by atoms with van der Waals surface area (Å²) in [5.74, 6) is 1.93. The highest BCUT2D eigenvalue weighted by Crippen LogP contribution is 2.34. The molecule has 0 saturated carbocycles. The molecule has 58 heavy (non-hydrogen) atoms. The number of hydrogen-bond acceptors (Lipinski definition) is 10. The molecule has 2 aromatic heterocycles. The van der Waals surface area contributed by atoms with Crippen molar-refractivity contribution in [1.29, 1.82) is 10.5 Å². The Morgan fingerprint density at radius 1 is 0.534 bits per heavy atom. The molecule has 0 aliphatic carbocycles. The summed E-state index contributed by atoms with van der Waals surface area (Å²) in [6.07, 6.45) is 7.70. The fourth-order valence-corrected chi connectivity index (χ4v) is 6.28. The largest absolute Gasteiger partial charge is 0.488 e. The molecule has 0 bridgehead atoms. The maximum atomic E-state index is 11.9. The number of aromatic nitrogens is 2. The van der Waals surface area contributed by atoms with Crippen LogP contribution in [0.3, 0.4) is 0 Å². The minimum atomic E-state index is 0.135. The number of rotatable bonds is 15. The van der Waals surface area contributed by atoms with Crippen LogP contribution < -0.4 is 18.9 Å². The fourth-order valence-electron chi connectivity index (χ4n) is 6.28. The molecule has 6 rings (SSSR count). The van der Waals surface area contributed by atoms with Crippen LogP contribution in [0.1, 0.15) is 90.2 Å². The molecule has 0 atom stereocenters. The van der Waals surface area contributed by atoms with Crippen LogP contribution in [0.15, 0.2) is 97.6 Å². The number of nitriles is 2. The highest BCUT2D eigenvalue weighted by atomic mass is 16.5. The lowest BCUT2D eigenvalue weighted by molar-refractivity contribution is 0.111. The maximum Gasteiger partial charge on any atom is 0.153 e. The average Bonchev–Trinajstić information content (AvgIpc) is 3.26. The van der Waals surface area contributed by atoms with E-state index < -0.39 is 0 Å². The van der Waals surface area contributed by atoms with Crippen LogP contribution in [0.5, 0.6) is 23.0 Å². The Bertz CT molecular complexity index is 2340. The Morgan fingerprint density at radius 3 is 1.31 bits per heavy atom. The number of carbonyl (C=O) groups excluding carboxylic acids is 2. The molecule has 0 fully saturated rings. The SMILES string of the molecule is CC.Cc1cc(C=O)c(OCc2cncc(C#N)c2)cc1OCc1cccc(-c2cccc(COc3cc(OCc4cncc(C#N)c4)c(C=O)cc3C)c2C)c1C. The van der Waals surface area contributed by atoms with Crippen molar-refractivity contribution < 1.29 is 28.5 Å². The number of hydrogen-bond donors (Lipinski definition) is 0. The number of ether oxygens (including phenoxy) is 4. The van der Waals surface area contributed by atoms with Crippen LogP contribution in [0.25, 0.3) is 11.1 Å². The third kappa shape index (κ3) is 10.1. The zero-order valence-corrected chi connectivity index (χ0v) is 33.5. The Morgan fingerprint density at radius 2 is 0.931 bits per heavy atom. The Balaban J connectivity index is 0.00000315. The molecule has 0 amide bonds. The Hall–Kier alpha value is -7.30. The van der Waals surface area contributed by atoms with Gasteiger partial charge >= 0.3 is 0 Å². The van der Waals surface area contributed by atoms with E-state index in [-0.39, 0.29) is 26.4 Å². The van der Waals surface area contributed by atoms with Crippen molar-refractivity contribution in [2.24, 2.45) is 0 Å². The minimum absolute atomic E-state index is 0.135. The second kappa shape index (κ2) is 20.0. The fraction of sp³-hybridized carbons (Fsp3) is 0.208. The molecule has 4 aromatic carbocycles. The van der Waals surface area contributed by atoms with Crippen molar-refractivity contribution >= 4 is 12.6 Å². The second-order valence-electron chi connectivity index (χ2n) is 13.3. The van der Waals surface area contributed by atoms with Gasteiger partial charge in [-0.2, -0.15) is 10.5 Å². The number of pyridine rings is 2. The summed E-state index contributed by atoms with van der Waals surface area (Å²) < 4.78 is 24.7. The Kier molecular flexibility index (Phi) is 14.5. The quantitative estimate of drug-likeness (QED) is 0.0925. The van der Waals surface area contributed by atoms with Crippen molar-refractivity contribution in [1.82, 2.24) is 9.97 Å². The third-order valence-electron chi connectivity index (χ3n) is 9.45. The van der Waals surface area contributed by atoms with Crippen LogP contribution >= 0.6 is 0 Å². The first-order valence-electron chi connectivity index (χ1n) is 18.8. The summed E-state index contributed by atoms with van der Waals surface area (Å²) in [6.45, 7) is 12.8. The van der Waals surface area contributed by atoms with E-state index in [4.69, 9.17) is 18.9 Å². The molecule has 10 nitrogen and oxygen atoms in total. The molecule has 2 heterocycles. The smallest absolute Gasteiger partial charge is 0.153 e. The monoisotopic (exact) mass is 772 g/mol. The van der Waals surface area contributed by atoms with Gasteiger partial charge in [0.25, 0.3) is 0 Å². The number of aldehydes is 2. The number of carbonyl (C=O) groups is 2. The molecule has 0 radical (unpaired) electrons. The van der Waals surface area contributed by atoms with Gasteiger partial charge in [0.05, 0.1) is 22.3 Å². The summed E-state index contributed by atoms with van der Waals surface area (Å²) in [5.41, 5.74) is 10.9. The van der Waals surface area contributed by atoms with Crippen LogP contribution in [-0.2, 0) is 26.4 Å². The van der Waals surface area contributed by atoms with Gasteiger partial charge in [0.1, 0.15) is 61.6 Å². The van der Waals surface area contributed by atoms with E-state index in [1.54, 1.807) is 48.8 Å². The lowest BCUT2D eigenvalue weighted by Crippen LogP contribution is -2.05. The molecule has 0 saturated heterocycles. The Labute approximate surface area is 339 Å². The predicted molar refractivity (Wildman–Crippen MR) is 221 cm³/mol. The van der Waals surface area contributed by atoms with Crippen molar-refractivity contribution in [3.05, 3.63) is 164 Å². The number of benzene rings is 4. The van der Waals surface area contributed by atoms with Gasteiger partial charge in [0, 0.05) is 48.0 Å². The van der Waals surface area contributed by atoms with Gasteiger partial charge in [-0.05, 0) is 96.5 Å². The van der Waals surface area contributed by atoms with E-state index in [0.29, 0.717) is 56.4 Å². The molecule has 6 aromatic rings. The van der Waals surface area contributed by atoms with Gasteiger partial charge in [-0.1, -0.05) is 50.2 Å². The summed E-state index contributed by atoms with van der Waals surface area (Å²) in [7, 11) is 0. The van der Waals surface area contributed by atoms with Crippen LogP contribution in [-0.4, -0.2) is 22.5 Å². The van der Waals surface area contributed by atoms with E-state index in [9.17, 15) is 20.1 Å². The van der Waals surface area contributed by atoms with E-state index in [1.807, 2.05) is 52.0 Å². The zero-order valence-electron chi connectivity index (χ0n) is 33.5. The standard InChI is InChI=1S/C46H38N4O6.C2H6/c1-29-11-39(23-51)45(53-25-35-13-33(17-47)19-49-21-35)15-43(29)55-27-37-7-5-9-41(31(37)3)42-10-6-8-38(32(42)4)28-56-44-16-46(40(24-52)12-30(44)2)54-26-36-14-34(18-48)20-50-22-36;1-2/h5-16,19-24H,25-28H2,1-4H3;1-2H3. The lowest BCUT2D eigenvalue weighted by atomic mass is 9.92. The third-order valence-corrected chi connectivity index (χ3v) is 9.45. The molecule has 10 heteroatoms. The van der Waals surface area contributed by atoms with Gasteiger partial charge in [0.2, 0.25) is 0 Å². The topological polar surface area (TPSA) is 144 Å². The van der Waals surface area contributed by atoms with Gasteiger partial charge < -0.3 is 18.9 Å². The predicted octanol–water partition coefficient (Wildman–Crippen LogP) is 10.1. The second-order valence-corrected chi connectivity index (χ2v) is 13.3. The normalized spacial score (nSPS) is 10.3. The summed E-state index contributed by atoms with van der Waals surface area (Å²) >= 11 is 0. The number of aryl methyl sites for hydroxylation is 2. The maximum absolute atomic E-state index is 11.9. The van der Waals surface area contributed by atoms with Gasteiger partial charge in [-0.25, -0.2) is 0 Å². The summed E-state index contributed by atoms with van der Waals surface area (Å²) in [6, 6.07) is 26.7. The molecule has 0 N–H and O–H groups in total. The zero-order chi connectivity index (χ0) is 41.6. The molecule has 0 unspecified atom stereocenters. The summed E-state index contributed by atoms with van der Waals surface area (Å²) in [5, 5.41) is 18.4. The molecule has 0 aliphatic rings. The highest BCUT2D eigenvalue weighted by Gasteiger charge is 2.16. The molecular weight excluding hydrogens is 729 g/mol. The van der Waals surface area contributed by atoms with Crippen molar-refractivity contribution in [3.8, 4) is 46.3 Å². The van der Waals surface area contributed by atoms with E-state index >= 15 is 0 Å². The molecule has 0 aliphatic heterocycles. The lowest BCUT2D eigenvalue weighted by Gasteiger charge is -2.18. The molecule has 292 valence electrons. The first-order chi connectivity index (χ1) is 28.2. The first kappa shape index (κ1) is 41.9. The minimum Gasteiger partial charge on any atom is -0.488 e. The van der Waals surface area contributed by atoms with Gasteiger partial charge in [-0.3, -0.25) is 19.6 Å². The van der Waals surface area contributed by atoms with Crippen LogP contribution in [0.4, 0.5) is 0 Å². The average molecular weight is 773 g/mol. The van der Waals surface area contributed by atoms with E-state index in [2.05, 4.69) is 48.1 Å². The van der Waals surface area contributed by atoms with E-state index in [1.165, 1.54) is 12.4 Å². The summed E-state index contributed by atoms with van der Waals surface area (Å²) in [4.78, 5) is 31.9. The van der Waals surface area contributed by atoms with Crippen molar-refractivity contribution in [2.75, 3.05) is 0 Å². The first-order valence-corrected chi connectivity index (χ1v) is 18.8.